The van der Waals surface area contributed by atoms with Crippen LogP contribution in [0, 0.1) is 0 Å². The van der Waals surface area contributed by atoms with Gasteiger partial charge >= 0.3 is 5.69 Å². The third-order valence-electron chi connectivity index (χ3n) is 2.92. The first-order valence-corrected chi connectivity index (χ1v) is 6.63. The molecule has 0 amide bonds. The van der Waals surface area contributed by atoms with E-state index in [1.807, 2.05) is 6.92 Å². The van der Waals surface area contributed by atoms with Gasteiger partial charge in [-0.2, -0.15) is 0 Å². The van der Waals surface area contributed by atoms with Gasteiger partial charge < -0.3 is 9.72 Å². The fraction of sp³-hybridized carbons (Fsp3) is 0.267. The van der Waals surface area contributed by atoms with Gasteiger partial charge in [-0.1, -0.05) is 6.92 Å². The molecule has 0 atom stereocenters. The molecule has 2 rings (SSSR count). The van der Waals surface area contributed by atoms with Crippen LogP contribution >= 0.6 is 0 Å². The summed E-state index contributed by atoms with van der Waals surface area (Å²) in [6, 6.07) is 6.56. The largest absolute Gasteiger partial charge is 0.494 e. The molecular weight excluding hydrogens is 272 g/mol. The number of H-pyrrole nitrogens is 1. The van der Waals surface area contributed by atoms with Crippen molar-refractivity contribution in [2.75, 3.05) is 6.61 Å². The van der Waals surface area contributed by atoms with Crippen molar-refractivity contribution in [2.45, 2.75) is 20.3 Å². The molecule has 0 saturated carbocycles. The lowest BCUT2D eigenvalue weighted by Crippen LogP contribution is -2.36. The van der Waals surface area contributed by atoms with Crippen molar-refractivity contribution < 1.29 is 9.53 Å². The smallest absolute Gasteiger partial charge is 0.333 e. The summed E-state index contributed by atoms with van der Waals surface area (Å²) in [5.41, 5.74) is -0.894. The summed E-state index contributed by atoms with van der Waals surface area (Å²) in [5, 5.41) is 0. The number of ether oxygens (including phenoxy) is 1. The van der Waals surface area contributed by atoms with E-state index in [0.29, 0.717) is 18.0 Å². The first kappa shape index (κ1) is 14.8. The van der Waals surface area contributed by atoms with Crippen LogP contribution in [0.5, 0.6) is 5.75 Å². The van der Waals surface area contributed by atoms with E-state index in [2.05, 4.69) is 4.98 Å². The van der Waals surface area contributed by atoms with Crippen molar-refractivity contribution in [1.29, 1.82) is 0 Å². The topological polar surface area (TPSA) is 81.2 Å². The molecule has 0 spiro atoms. The molecule has 0 aliphatic carbocycles. The maximum atomic E-state index is 12.2. The average Bonchev–Trinajstić information content (AvgIpc) is 2.46. The number of Topliss-reactive ketones (excluding diaryl/α,β-unsaturated/α-hetero) is 1. The molecule has 6 heteroatoms. The number of ketones is 1. The van der Waals surface area contributed by atoms with Crippen molar-refractivity contribution in [3.8, 4) is 11.4 Å². The maximum absolute atomic E-state index is 12.2. The number of carbonyl (C=O) groups excluding carboxylic acids is 1. The number of carbonyl (C=O) groups is 1. The number of nitrogens with zero attached hydrogens (tertiary/aromatic N) is 1. The Balaban J connectivity index is 2.47. The van der Waals surface area contributed by atoms with Crippen LogP contribution in [0.3, 0.4) is 0 Å². The number of hydrogen-bond acceptors (Lipinski definition) is 4. The number of rotatable bonds is 5. The fourth-order valence-corrected chi connectivity index (χ4v) is 1.87. The van der Waals surface area contributed by atoms with Crippen molar-refractivity contribution in [2.24, 2.45) is 0 Å². The molecule has 21 heavy (non-hydrogen) atoms. The summed E-state index contributed by atoms with van der Waals surface area (Å²) >= 11 is 0. The van der Waals surface area contributed by atoms with Crippen LogP contribution in [0.15, 0.2) is 40.1 Å². The van der Waals surface area contributed by atoms with Crippen LogP contribution in [0.25, 0.3) is 5.69 Å². The Bertz CT molecular complexity index is 756. The Morgan fingerprint density at radius 2 is 1.90 bits per heavy atom. The Labute approximate surface area is 121 Å². The predicted octanol–water partition coefficient (Wildman–Crippen LogP) is 1.52. The molecule has 0 bridgehead atoms. The Kier molecular flexibility index (Phi) is 4.37. The zero-order chi connectivity index (χ0) is 15.4. The number of benzene rings is 1. The molecule has 110 valence electrons. The molecule has 0 aliphatic rings. The van der Waals surface area contributed by atoms with Gasteiger partial charge in [0.05, 0.1) is 17.9 Å². The van der Waals surface area contributed by atoms with Gasteiger partial charge in [-0.3, -0.25) is 9.59 Å². The molecule has 0 radical (unpaired) electrons. The van der Waals surface area contributed by atoms with Gasteiger partial charge in [0, 0.05) is 6.20 Å². The fourth-order valence-electron chi connectivity index (χ4n) is 1.87. The second-order valence-electron chi connectivity index (χ2n) is 4.55. The average molecular weight is 288 g/mol. The Morgan fingerprint density at radius 3 is 2.48 bits per heavy atom. The van der Waals surface area contributed by atoms with Gasteiger partial charge in [0.2, 0.25) is 0 Å². The molecule has 6 nitrogen and oxygen atoms in total. The molecule has 0 fully saturated rings. The van der Waals surface area contributed by atoms with E-state index in [0.717, 1.165) is 17.2 Å². The number of nitrogens with one attached hydrogen (secondary N) is 1. The van der Waals surface area contributed by atoms with Crippen molar-refractivity contribution in [1.82, 2.24) is 9.55 Å². The number of aromatic amines is 1. The highest BCUT2D eigenvalue weighted by Gasteiger charge is 2.12. The van der Waals surface area contributed by atoms with Gasteiger partial charge in [0.25, 0.3) is 5.56 Å². The third kappa shape index (κ3) is 3.10. The molecular formula is C15H16N2O4. The molecule has 1 N–H and O–H groups in total. The maximum Gasteiger partial charge on any atom is 0.333 e. The van der Waals surface area contributed by atoms with Crippen LogP contribution < -0.4 is 16.0 Å². The molecule has 0 aliphatic heterocycles. The highest BCUT2D eigenvalue weighted by atomic mass is 16.5. The molecule has 1 aromatic carbocycles. The SMILES string of the molecule is CCCOc1ccc(-n2c(=O)[nH]cc(C(C)=O)c2=O)cc1. The zero-order valence-corrected chi connectivity index (χ0v) is 11.9. The zero-order valence-electron chi connectivity index (χ0n) is 11.9. The molecule has 1 aromatic heterocycles. The first-order valence-electron chi connectivity index (χ1n) is 6.63. The highest BCUT2D eigenvalue weighted by molar-refractivity contribution is 5.93. The lowest BCUT2D eigenvalue weighted by Gasteiger charge is -2.08. The van der Waals surface area contributed by atoms with E-state index < -0.39 is 17.0 Å². The van der Waals surface area contributed by atoms with Crippen LogP contribution in [0.1, 0.15) is 30.6 Å². The summed E-state index contributed by atoms with van der Waals surface area (Å²) in [6.45, 7) is 3.88. The van der Waals surface area contributed by atoms with Crippen LogP contribution in [-0.4, -0.2) is 21.9 Å². The minimum absolute atomic E-state index is 0.0547. The van der Waals surface area contributed by atoms with E-state index in [1.54, 1.807) is 24.3 Å². The standard InChI is InChI=1S/C15H16N2O4/c1-3-8-21-12-6-4-11(5-7-12)17-14(19)13(10(2)18)9-16-15(17)20/h4-7,9H,3,8H2,1-2H3,(H,16,20). The van der Waals surface area contributed by atoms with Gasteiger partial charge in [0.15, 0.2) is 5.78 Å². The monoisotopic (exact) mass is 288 g/mol. The Hall–Kier alpha value is -2.63. The normalized spacial score (nSPS) is 10.4. The van der Waals surface area contributed by atoms with Crippen LogP contribution in [-0.2, 0) is 0 Å². The summed E-state index contributed by atoms with van der Waals surface area (Å²) in [5.74, 6) is 0.265. The third-order valence-corrected chi connectivity index (χ3v) is 2.92. The van der Waals surface area contributed by atoms with E-state index in [4.69, 9.17) is 4.74 Å². The lowest BCUT2D eigenvalue weighted by molar-refractivity contribution is 0.101. The second-order valence-corrected chi connectivity index (χ2v) is 4.55. The van der Waals surface area contributed by atoms with E-state index in [9.17, 15) is 14.4 Å². The second kappa shape index (κ2) is 6.21. The molecule has 2 aromatic rings. The number of aromatic nitrogens is 2. The minimum atomic E-state index is -0.631. The first-order chi connectivity index (χ1) is 10.0. The summed E-state index contributed by atoms with van der Waals surface area (Å²) in [4.78, 5) is 37.8. The summed E-state index contributed by atoms with van der Waals surface area (Å²) in [7, 11) is 0. The van der Waals surface area contributed by atoms with Crippen molar-refractivity contribution >= 4 is 5.78 Å². The van der Waals surface area contributed by atoms with Gasteiger partial charge in [0.1, 0.15) is 5.75 Å². The summed E-state index contributed by atoms with van der Waals surface area (Å²) in [6.07, 6.45) is 2.03. The highest BCUT2D eigenvalue weighted by Crippen LogP contribution is 2.13. The van der Waals surface area contributed by atoms with Crippen molar-refractivity contribution in [3.05, 3.63) is 56.9 Å². The van der Waals surface area contributed by atoms with Gasteiger partial charge in [-0.05, 0) is 37.6 Å². The lowest BCUT2D eigenvalue weighted by atomic mass is 10.2. The number of hydrogen-bond donors (Lipinski definition) is 1. The van der Waals surface area contributed by atoms with Crippen LogP contribution in [0.4, 0.5) is 0 Å². The Morgan fingerprint density at radius 1 is 1.24 bits per heavy atom. The van der Waals surface area contributed by atoms with E-state index in [1.165, 1.54) is 6.92 Å². The molecule has 1 heterocycles. The van der Waals surface area contributed by atoms with Crippen LogP contribution in [0.2, 0.25) is 0 Å². The van der Waals surface area contributed by atoms with E-state index in [-0.39, 0.29) is 5.56 Å². The quantitative estimate of drug-likeness (QED) is 0.846. The van der Waals surface area contributed by atoms with Crippen molar-refractivity contribution in [3.63, 3.8) is 0 Å². The molecule has 0 saturated heterocycles. The van der Waals surface area contributed by atoms with Gasteiger partial charge in [-0.15, -0.1) is 0 Å². The molecule has 0 unspecified atom stereocenters. The minimum Gasteiger partial charge on any atom is -0.494 e. The van der Waals surface area contributed by atoms with E-state index >= 15 is 0 Å². The predicted molar refractivity (Wildman–Crippen MR) is 78.5 cm³/mol. The van der Waals surface area contributed by atoms with Gasteiger partial charge in [-0.25, -0.2) is 9.36 Å². The summed E-state index contributed by atoms with van der Waals surface area (Å²) < 4.78 is 6.37.